The lowest BCUT2D eigenvalue weighted by Crippen LogP contribution is -2.22. The number of aromatic nitrogens is 3. The molecule has 2 N–H and O–H groups in total. The van der Waals surface area contributed by atoms with Crippen LogP contribution in [0.3, 0.4) is 0 Å². The zero-order valence-electron chi connectivity index (χ0n) is 5.66. The molecule has 0 saturated carbocycles. The van der Waals surface area contributed by atoms with Gasteiger partial charge in [-0.2, -0.15) is 0 Å². The van der Waals surface area contributed by atoms with E-state index in [1.165, 1.54) is 0 Å². The zero-order chi connectivity index (χ0) is 7.56. The van der Waals surface area contributed by atoms with Gasteiger partial charge >= 0.3 is 0 Å². The van der Waals surface area contributed by atoms with Crippen LogP contribution in [0.1, 0.15) is 6.92 Å². The van der Waals surface area contributed by atoms with Crippen LogP contribution in [0.15, 0.2) is 10.8 Å². The molecule has 4 nitrogen and oxygen atoms in total. The first kappa shape index (κ1) is 7.68. The van der Waals surface area contributed by atoms with Gasteiger partial charge in [-0.15, -0.1) is 5.10 Å². The van der Waals surface area contributed by atoms with Crippen LogP contribution < -0.4 is 5.73 Å². The van der Waals surface area contributed by atoms with Crippen molar-refractivity contribution in [3.05, 3.63) is 10.8 Å². The summed E-state index contributed by atoms with van der Waals surface area (Å²) in [6.07, 6.45) is 1.64. The number of hydrogen-bond acceptors (Lipinski definition) is 3. The summed E-state index contributed by atoms with van der Waals surface area (Å²) in [5, 5.41) is 7.48. The van der Waals surface area contributed by atoms with E-state index in [0.29, 0.717) is 6.54 Å². The van der Waals surface area contributed by atoms with Gasteiger partial charge in [-0.05, 0) is 22.9 Å². The summed E-state index contributed by atoms with van der Waals surface area (Å²) >= 11 is 3.28. The molecular formula is C5H9BrN4. The number of nitrogens with two attached hydrogens (primary N) is 1. The Morgan fingerprint density at radius 1 is 1.90 bits per heavy atom. The van der Waals surface area contributed by atoms with Crippen molar-refractivity contribution < 1.29 is 0 Å². The summed E-state index contributed by atoms with van der Waals surface area (Å²) in [5.41, 5.74) is 5.54. The minimum Gasteiger partial charge on any atom is -0.326 e. The third-order valence-corrected chi connectivity index (χ3v) is 1.65. The number of rotatable bonds is 2. The fourth-order valence-corrected chi connectivity index (χ4v) is 0.949. The van der Waals surface area contributed by atoms with Crippen LogP contribution in [-0.2, 0) is 6.54 Å². The average molecular weight is 205 g/mol. The van der Waals surface area contributed by atoms with Crippen LogP contribution in [-0.4, -0.2) is 21.0 Å². The molecule has 5 heteroatoms. The fraction of sp³-hybridized carbons (Fsp3) is 0.600. The van der Waals surface area contributed by atoms with E-state index in [9.17, 15) is 0 Å². The van der Waals surface area contributed by atoms with E-state index < -0.39 is 0 Å². The molecule has 56 valence electrons. The normalized spacial score (nSPS) is 13.5. The van der Waals surface area contributed by atoms with Crippen LogP contribution in [0.2, 0.25) is 0 Å². The molecule has 1 atom stereocenters. The Bertz CT molecular complexity index is 207. The monoisotopic (exact) mass is 204 g/mol. The van der Waals surface area contributed by atoms with Crippen molar-refractivity contribution in [3.63, 3.8) is 0 Å². The second kappa shape index (κ2) is 3.12. The van der Waals surface area contributed by atoms with E-state index >= 15 is 0 Å². The highest BCUT2D eigenvalue weighted by Crippen LogP contribution is 2.05. The first-order valence-electron chi connectivity index (χ1n) is 2.99. The molecule has 0 aliphatic rings. The molecule has 0 fully saturated rings. The molecule has 1 heterocycles. The van der Waals surface area contributed by atoms with Gasteiger partial charge in [-0.1, -0.05) is 5.21 Å². The van der Waals surface area contributed by atoms with Gasteiger partial charge in [0.1, 0.15) is 4.60 Å². The van der Waals surface area contributed by atoms with Gasteiger partial charge < -0.3 is 5.73 Å². The minimum absolute atomic E-state index is 0.109. The highest BCUT2D eigenvalue weighted by atomic mass is 79.9. The zero-order valence-corrected chi connectivity index (χ0v) is 7.24. The topological polar surface area (TPSA) is 56.7 Å². The van der Waals surface area contributed by atoms with Crippen LogP contribution in [0.4, 0.5) is 0 Å². The summed E-state index contributed by atoms with van der Waals surface area (Å²) < 4.78 is 2.58. The molecular weight excluding hydrogens is 196 g/mol. The van der Waals surface area contributed by atoms with E-state index in [0.717, 1.165) is 4.60 Å². The van der Waals surface area contributed by atoms with E-state index in [1.54, 1.807) is 10.9 Å². The maximum absolute atomic E-state index is 5.54. The Labute approximate surface area is 67.5 Å². The molecule has 1 unspecified atom stereocenters. The largest absolute Gasteiger partial charge is 0.326 e. The van der Waals surface area contributed by atoms with Gasteiger partial charge in [0.05, 0.1) is 12.7 Å². The third kappa shape index (κ3) is 1.78. The van der Waals surface area contributed by atoms with Crippen molar-refractivity contribution in [1.29, 1.82) is 0 Å². The molecule has 1 aromatic rings. The third-order valence-electron chi connectivity index (χ3n) is 1.03. The molecule has 0 aliphatic carbocycles. The number of hydrogen-bond donors (Lipinski definition) is 1. The maximum Gasteiger partial charge on any atom is 0.124 e. The molecule has 0 bridgehead atoms. The fourth-order valence-electron chi connectivity index (χ4n) is 0.642. The standard InChI is InChI=1S/C5H9BrN4/c1-4(7)3-10-5(6)2-8-9-10/h2,4H,3,7H2,1H3. The van der Waals surface area contributed by atoms with Crippen molar-refractivity contribution in [1.82, 2.24) is 15.0 Å². The summed E-state index contributed by atoms with van der Waals surface area (Å²) in [7, 11) is 0. The van der Waals surface area contributed by atoms with Gasteiger partial charge in [0, 0.05) is 6.04 Å². The Morgan fingerprint density at radius 3 is 3.00 bits per heavy atom. The first-order chi connectivity index (χ1) is 4.70. The molecule has 0 aliphatic heterocycles. The van der Waals surface area contributed by atoms with E-state index in [-0.39, 0.29) is 6.04 Å². The van der Waals surface area contributed by atoms with Gasteiger partial charge in [0.2, 0.25) is 0 Å². The molecule has 1 rings (SSSR count). The predicted molar refractivity (Wildman–Crippen MR) is 41.4 cm³/mol. The quantitative estimate of drug-likeness (QED) is 0.759. The van der Waals surface area contributed by atoms with Crippen LogP contribution in [0, 0.1) is 0 Å². The Kier molecular flexibility index (Phi) is 2.39. The van der Waals surface area contributed by atoms with Gasteiger partial charge in [0.15, 0.2) is 0 Å². The summed E-state index contributed by atoms with van der Waals surface area (Å²) in [6.45, 7) is 2.62. The lowest BCUT2D eigenvalue weighted by atomic mass is 10.4. The highest BCUT2D eigenvalue weighted by molar-refractivity contribution is 9.10. The summed E-state index contributed by atoms with van der Waals surface area (Å²) in [5.74, 6) is 0. The predicted octanol–water partition coefficient (Wildman–Crippen LogP) is 0.388. The first-order valence-corrected chi connectivity index (χ1v) is 3.79. The molecule has 10 heavy (non-hydrogen) atoms. The SMILES string of the molecule is CC(N)Cn1nncc1Br. The maximum atomic E-state index is 5.54. The Morgan fingerprint density at radius 2 is 2.60 bits per heavy atom. The van der Waals surface area contributed by atoms with Crippen molar-refractivity contribution >= 4 is 15.9 Å². The number of halogens is 1. The van der Waals surface area contributed by atoms with E-state index in [2.05, 4.69) is 26.2 Å². The van der Waals surface area contributed by atoms with Crippen molar-refractivity contribution in [3.8, 4) is 0 Å². The van der Waals surface area contributed by atoms with Crippen molar-refractivity contribution in [2.45, 2.75) is 19.5 Å². The lowest BCUT2D eigenvalue weighted by molar-refractivity contribution is 0.515. The highest BCUT2D eigenvalue weighted by Gasteiger charge is 2.00. The van der Waals surface area contributed by atoms with Crippen molar-refractivity contribution in [2.24, 2.45) is 5.73 Å². The van der Waals surface area contributed by atoms with Gasteiger partial charge in [-0.3, -0.25) is 0 Å². The van der Waals surface area contributed by atoms with Gasteiger partial charge in [0.25, 0.3) is 0 Å². The molecule has 0 aromatic carbocycles. The molecule has 0 radical (unpaired) electrons. The second-order valence-corrected chi connectivity index (χ2v) is 3.03. The second-order valence-electron chi connectivity index (χ2n) is 2.22. The van der Waals surface area contributed by atoms with Crippen LogP contribution in [0.5, 0.6) is 0 Å². The summed E-state index contributed by atoms with van der Waals surface area (Å²) in [4.78, 5) is 0. The molecule has 0 spiro atoms. The summed E-state index contributed by atoms with van der Waals surface area (Å²) in [6, 6.07) is 0.109. The molecule has 0 amide bonds. The Hall–Kier alpha value is -0.420. The van der Waals surface area contributed by atoms with Gasteiger partial charge in [-0.25, -0.2) is 4.68 Å². The lowest BCUT2D eigenvalue weighted by Gasteiger charge is -2.03. The molecule has 0 saturated heterocycles. The Balaban J connectivity index is 2.65. The molecule has 1 aromatic heterocycles. The minimum atomic E-state index is 0.109. The van der Waals surface area contributed by atoms with Crippen LogP contribution in [0.25, 0.3) is 0 Å². The van der Waals surface area contributed by atoms with Crippen molar-refractivity contribution in [2.75, 3.05) is 0 Å². The average Bonchev–Trinajstić information content (AvgIpc) is 2.15. The number of nitrogens with zero attached hydrogens (tertiary/aromatic N) is 3. The van der Waals surface area contributed by atoms with E-state index in [1.807, 2.05) is 6.92 Å². The van der Waals surface area contributed by atoms with Crippen LogP contribution >= 0.6 is 15.9 Å². The smallest absolute Gasteiger partial charge is 0.124 e. The van der Waals surface area contributed by atoms with E-state index in [4.69, 9.17) is 5.73 Å².